The number of methoxy groups -OCH3 is 1. The second-order valence-electron chi connectivity index (χ2n) is 13.4. The van der Waals surface area contributed by atoms with Gasteiger partial charge >= 0.3 is 12.4 Å². The molecule has 0 bridgehead atoms. The number of hydrogen-bond donors (Lipinski definition) is 0. The molecule has 2 amide bonds. The minimum atomic E-state index is -4.95. The normalized spacial score (nSPS) is 22.0. The Hall–Kier alpha value is -4.51. The maximum atomic E-state index is 15.1. The summed E-state index contributed by atoms with van der Waals surface area (Å²) in [6.07, 6.45) is -3.35. The molecule has 0 radical (unpaired) electrons. The van der Waals surface area contributed by atoms with Crippen LogP contribution in [-0.4, -0.2) is 97.9 Å². The lowest BCUT2D eigenvalue weighted by Crippen LogP contribution is -2.69. The Morgan fingerprint density at radius 1 is 0.982 bits per heavy atom. The van der Waals surface area contributed by atoms with Crippen molar-refractivity contribution in [1.82, 2.24) is 14.8 Å². The molecule has 3 aromatic rings. The summed E-state index contributed by atoms with van der Waals surface area (Å²) in [6, 6.07) is 7.74. The van der Waals surface area contributed by atoms with Crippen LogP contribution >= 0.6 is 11.3 Å². The fourth-order valence-electron chi connectivity index (χ4n) is 7.30. The van der Waals surface area contributed by atoms with Gasteiger partial charge in [-0.2, -0.15) is 26.3 Å². The van der Waals surface area contributed by atoms with E-state index in [1.54, 1.807) is 18.1 Å². The van der Waals surface area contributed by atoms with Crippen molar-refractivity contribution < 1.29 is 54.9 Å². The summed E-state index contributed by atoms with van der Waals surface area (Å²) in [5.74, 6) is -1.72. The van der Waals surface area contributed by atoms with Gasteiger partial charge in [0.2, 0.25) is 11.5 Å². The van der Waals surface area contributed by atoms with Gasteiger partial charge in [-0.25, -0.2) is 4.98 Å². The predicted molar refractivity (Wildman–Crippen MR) is 192 cm³/mol. The number of rotatable bonds is 8. The van der Waals surface area contributed by atoms with Gasteiger partial charge in [0.1, 0.15) is 28.5 Å². The van der Waals surface area contributed by atoms with Crippen LogP contribution in [0.2, 0.25) is 0 Å². The van der Waals surface area contributed by atoms with Gasteiger partial charge in [-0.1, -0.05) is 24.3 Å². The average Bonchev–Trinajstić information content (AvgIpc) is 3.65. The fourth-order valence-corrected chi connectivity index (χ4v) is 7.98. The molecule has 298 valence electrons. The Morgan fingerprint density at radius 3 is 2.49 bits per heavy atom. The van der Waals surface area contributed by atoms with Gasteiger partial charge in [0.15, 0.2) is 0 Å². The molecular formula is C38H42F6N4O6S. The van der Waals surface area contributed by atoms with Crippen molar-refractivity contribution in [2.24, 2.45) is 0 Å². The number of carbonyl (C=O) groups excluding carboxylic acids is 2. The molecule has 2 saturated heterocycles. The molecule has 2 fully saturated rings. The Morgan fingerprint density at radius 2 is 1.76 bits per heavy atom. The van der Waals surface area contributed by atoms with E-state index in [4.69, 9.17) is 18.9 Å². The number of thiophene rings is 1. The van der Waals surface area contributed by atoms with Gasteiger partial charge in [-0.05, 0) is 50.3 Å². The van der Waals surface area contributed by atoms with E-state index in [0.717, 1.165) is 23.3 Å². The second kappa shape index (κ2) is 17.1. The zero-order valence-electron chi connectivity index (χ0n) is 30.2. The number of fused-ring (bicyclic) bond motifs is 2. The highest BCUT2D eigenvalue weighted by Gasteiger charge is 2.56. The molecule has 0 saturated carbocycles. The third-order valence-electron chi connectivity index (χ3n) is 9.92. The highest BCUT2D eigenvalue weighted by Crippen LogP contribution is 2.44. The number of amides is 2. The molecule has 0 spiro atoms. The third-order valence-corrected chi connectivity index (χ3v) is 10.9. The van der Waals surface area contributed by atoms with Gasteiger partial charge in [-0.3, -0.25) is 9.59 Å². The van der Waals surface area contributed by atoms with E-state index in [1.807, 2.05) is 30.3 Å². The first-order valence-corrected chi connectivity index (χ1v) is 19.0. The number of alkyl halides is 6. The number of benzene rings is 1. The standard InChI is InChI=1S/C38H42F6N4O6S/c1-51-22-23-52-29-11-7-6-10-28(29)46-17-19-47(20-18-46)35(50)36(54-26-24-31(55-25-26)38(42,43)44)14-9-16-48-30(36)12-5-3-2-4-8-21-53-33-32(34(48)49)27(13-15-45-33)37(39,40)41/h3,5-7,10-11,13,15,24-25,30H,2,4,8-9,12,14,16-23H2,1H3/b5-3+/t30-,36+/m1/s1. The van der Waals surface area contributed by atoms with Crippen molar-refractivity contribution >= 4 is 28.8 Å². The van der Waals surface area contributed by atoms with Crippen molar-refractivity contribution in [2.45, 2.75) is 62.5 Å². The number of pyridine rings is 1. The molecule has 0 aliphatic carbocycles. The zero-order valence-corrected chi connectivity index (χ0v) is 31.0. The zero-order chi connectivity index (χ0) is 39.2. The molecule has 2 atom stereocenters. The van der Waals surface area contributed by atoms with Crippen LogP contribution in [0.15, 0.2) is 60.1 Å². The number of piperidine rings is 1. The molecule has 17 heteroatoms. The van der Waals surface area contributed by atoms with Crippen LogP contribution in [0.25, 0.3) is 0 Å². The molecule has 0 unspecified atom stereocenters. The number of halogens is 6. The summed E-state index contributed by atoms with van der Waals surface area (Å²) >= 11 is 0.398. The van der Waals surface area contributed by atoms with Crippen molar-refractivity contribution in [2.75, 3.05) is 64.6 Å². The molecule has 55 heavy (non-hydrogen) atoms. The Kier molecular flexibility index (Phi) is 12.5. The number of piperazine rings is 1. The Labute approximate surface area is 318 Å². The SMILES string of the molecule is COCCOc1ccccc1N1CCN(C(=O)[C@]2(Oc3csc(C(F)(F)F)c3)CCCN3C(=O)c4c(C(F)(F)F)ccnc4OCCCC/C=C/C[C@@H]32)CC1. The van der Waals surface area contributed by atoms with E-state index < -0.39 is 57.7 Å². The number of para-hydroxylation sites is 2. The summed E-state index contributed by atoms with van der Waals surface area (Å²) in [5.41, 5.74) is -3.20. The van der Waals surface area contributed by atoms with Gasteiger partial charge in [0, 0.05) is 63.9 Å². The van der Waals surface area contributed by atoms with Crippen LogP contribution in [-0.2, 0) is 21.9 Å². The second-order valence-corrected chi connectivity index (χ2v) is 14.3. The fraction of sp³-hybridized carbons (Fsp3) is 0.500. The number of ether oxygens (including phenoxy) is 4. The van der Waals surface area contributed by atoms with Gasteiger partial charge in [-0.15, -0.1) is 11.3 Å². The van der Waals surface area contributed by atoms with Crippen LogP contribution in [0.4, 0.5) is 32.0 Å². The van der Waals surface area contributed by atoms with E-state index in [-0.39, 0.29) is 51.3 Å². The lowest BCUT2D eigenvalue weighted by atomic mass is 9.80. The van der Waals surface area contributed by atoms with E-state index in [9.17, 15) is 31.1 Å². The topological polar surface area (TPSA) is 93.7 Å². The number of carbonyl (C=O) groups is 2. The summed E-state index contributed by atoms with van der Waals surface area (Å²) in [7, 11) is 1.57. The van der Waals surface area contributed by atoms with Gasteiger partial charge < -0.3 is 33.6 Å². The highest BCUT2D eigenvalue weighted by molar-refractivity contribution is 7.10. The van der Waals surface area contributed by atoms with Crippen molar-refractivity contribution in [3.05, 3.63) is 76.1 Å². The molecular weight excluding hydrogens is 754 g/mol. The van der Waals surface area contributed by atoms with E-state index >= 15 is 4.79 Å². The molecule has 1 aromatic carbocycles. The molecule has 6 rings (SSSR count). The minimum Gasteiger partial charge on any atom is -0.489 e. The quantitative estimate of drug-likeness (QED) is 0.132. The summed E-state index contributed by atoms with van der Waals surface area (Å²) in [5, 5.41) is 1.15. The largest absolute Gasteiger partial charge is 0.489 e. The van der Waals surface area contributed by atoms with Crippen LogP contribution in [0.5, 0.6) is 17.4 Å². The third kappa shape index (κ3) is 8.98. The van der Waals surface area contributed by atoms with E-state index in [1.165, 1.54) is 4.90 Å². The molecule has 2 aromatic heterocycles. The van der Waals surface area contributed by atoms with Crippen molar-refractivity contribution in [3.63, 3.8) is 0 Å². The number of allylic oxidation sites excluding steroid dienone is 1. The average molecular weight is 797 g/mol. The summed E-state index contributed by atoms with van der Waals surface area (Å²) in [4.78, 5) is 37.5. The van der Waals surface area contributed by atoms with Crippen LogP contribution in [0.3, 0.4) is 0 Å². The molecule has 0 N–H and O–H groups in total. The van der Waals surface area contributed by atoms with Gasteiger partial charge in [0.25, 0.3) is 11.8 Å². The maximum Gasteiger partial charge on any atom is 0.425 e. The molecule has 3 aliphatic rings. The lowest BCUT2D eigenvalue weighted by Gasteiger charge is -2.50. The smallest absolute Gasteiger partial charge is 0.425 e. The first-order chi connectivity index (χ1) is 26.3. The van der Waals surface area contributed by atoms with Crippen molar-refractivity contribution in [1.29, 1.82) is 0 Å². The first kappa shape index (κ1) is 40.2. The molecule has 5 heterocycles. The minimum absolute atomic E-state index is 0.00969. The highest BCUT2D eigenvalue weighted by atomic mass is 32.1. The summed E-state index contributed by atoms with van der Waals surface area (Å²) in [6.45, 7) is 1.78. The first-order valence-electron chi connectivity index (χ1n) is 18.1. The molecule has 10 nitrogen and oxygen atoms in total. The van der Waals surface area contributed by atoms with E-state index in [0.29, 0.717) is 68.7 Å². The van der Waals surface area contributed by atoms with Crippen LogP contribution < -0.4 is 19.1 Å². The van der Waals surface area contributed by atoms with Gasteiger partial charge in [0.05, 0.1) is 30.5 Å². The number of anilines is 1. The van der Waals surface area contributed by atoms with E-state index in [2.05, 4.69) is 9.88 Å². The maximum absolute atomic E-state index is 15.1. The lowest BCUT2D eigenvalue weighted by molar-refractivity contribution is -0.159. The number of aromatic nitrogens is 1. The van der Waals surface area contributed by atoms with Crippen LogP contribution in [0.1, 0.15) is 59.3 Å². The number of nitrogens with zero attached hydrogens (tertiary/aromatic N) is 4. The predicted octanol–water partition coefficient (Wildman–Crippen LogP) is 7.49. The van der Waals surface area contributed by atoms with Crippen molar-refractivity contribution in [3.8, 4) is 17.4 Å². The molecule has 3 aliphatic heterocycles. The number of hydrogen-bond acceptors (Lipinski definition) is 9. The Balaban J connectivity index is 1.39. The Bertz CT molecular complexity index is 1830. The van der Waals surface area contributed by atoms with Crippen LogP contribution in [0, 0.1) is 0 Å². The summed E-state index contributed by atoms with van der Waals surface area (Å²) < 4.78 is 108. The monoisotopic (exact) mass is 796 g/mol.